The third-order valence-electron chi connectivity index (χ3n) is 4.45. The second-order valence-corrected chi connectivity index (χ2v) is 6.47. The van der Waals surface area contributed by atoms with Crippen LogP contribution >= 0.6 is 11.6 Å². The molecule has 0 radical (unpaired) electrons. The first-order chi connectivity index (χ1) is 11.5. The number of aromatic nitrogens is 1. The van der Waals surface area contributed by atoms with E-state index in [1.54, 1.807) is 31.2 Å². The summed E-state index contributed by atoms with van der Waals surface area (Å²) >= 11 is 5.83. The summed E-state index contributed by atoms with van der Waals surface area (Å²) in [5.74, 6) is -0.349. The number of amides is 2. The molecule has 0 fully saturated rings. The lowest BCUT2D eigenvalue weighted by molar-refractivity contribution is -0.136. The molecule has 1 aromatic heterocycles. The first-order valence-corrected chi connectivity index (χ1v) is 8.37. The zero-order valence-corrected chi connectivity index (χ0v) is 14.5. The Morgan fingerprint density at radius 2 is 1.92 bits per heavy atom. The maximum atomic E-state index is 12.7. The van der Waals surface area contributed by atoms with Gasteiger partial charge in [-0.2, -0.15) is 0 Å². The van der Waals surface area contributed by atoms with Crippen molar-refractivity contribution in [2.75, 3.05) is 6.54 Å². The van der Waals surface area contributed by atoms with Crippen molar-refractivity contribution >= 4 is 23.4 Å². The Hall–Kier alpha value is -2.27. The number of nitrogens with one attached hydrogen (secondary N) is 1. The van der Waals surface area contributed by atoms with Crippen LogP contribution < -0.4 is 5.32 Å². The molecule has 0 unspecified atom stereocenters. The third kappa shape index (κ3) is 3.17. The summed E-state index contributed by atoms with van der Waals surface area (Å²) in [5.41, 5.74) is 1.60. The smallest absolute Gasteiger partial charge is 0.251 e. The van der Waals surface area contributed by atoms with Gasteiger partial charge in [-0.25, -0.2) is 0 Å². The zero-order chi connectivity index (χ0) is 17.3. The molecule has 1 N–H and O–H groups in total. The Kier molecular flexibility index (Phi) is 4.62. The second kappa shape index (κ2) is 6.69. The van der Waals surface area contributed by atoms with Gasteiger partial charge in [0.15, 0.2) is 0 Å². The predicted molar refractivity (Wildman–Crippen MR) is 92.9 cm³/mol. The van der Waals surface area contributed by atoms with E-state index in [2.05, 4.69) is 9.88 Å². The normalized spacial score (nSPS) is 18.0. The summed E-state index contributed by atoms with van der Waals surface area (Å²) in [6, 6.07) is 10.0. The SMILES string of the molecule is C[C@@H]1c2cccn2CCN1C(=O)[C@@H](C)NC(=O)c1ccc(Cl)cc1. The van der Waals surface area contributed by atoms with E-state index in [0.29, 0.717) is 17.1 Å². The summed E-state index contributed by atoms with van der Waals surface area (Å²) < 4.78 is 2.16. The number of benzene rings is 1. The van der Waals surface area contributed by atoms with E-state index in [-0.39, 0.29) is 17.9 Å². The van der Waals surface area contributed by atoms with Gasteiger partial charge in [-0.15, -0.1) is 0 Å². The number of carbonyl (C=O) groups excluding carboxylic acids is 2. The minimum absolute atomic E-state index is 0.00358. The van der Waals surface area contributed by atoms with Gasteiger partial charge in [-0.3, -0.25) is 9.59 Å². The quantitative estimate of drug-likeness (QED) is 0.930. The fourth-order valence-corrected chi connectivity index (χ4v) is 3.20. The Morgan fingerprint density at radius 1 is 1.21 bits per heavy atom. The molecule has 2 atom stereocenters. The summed E-state index contributed by atoms with van der Waals surface area (Å²) in [7, 11) is 0. The van der Waals surface area contributed by atoms with E-state index in [4.69, 9.17) is 11.6 Å². The van der Waals surface area contributed by atoms with Gasteiger partial charge in [0, 0.05) is 35.6 Å². The average Bonchev–Trinajstić information content (AvgIpc) is 3.04. The molecule has 0 bridgehead atoms. The lowest BCUT2D eigenvalue weighted by Gasteiger charge is -2.36. The van der Waals surface area contributed by atoms with Crippen molar-refractivity contribution in [3.05, 3.63) is 58.9 Å². The number of fused-ring (bicyclic) bond motifs is 1. The Labute approximate surface area is 146 Å². The largest absolute Gasteiger partial charge is 0.348 e. The molecule has 0 saturated heterocycles. The van der Waals surface area contributed by atoms with Gasteiger partial charge in [0.2, 0.25) is 5.91 Å². The van der Waals surface area contributed by atoms with Crippen molar-refractivity contribution in [1.29, 1.82) is 0 Å². The van der Waals surface area contributed by atoms with Crippen LogP contribution in [0, 0.1) is 0 Å². The summed E-state index contributed by atoms with van der Waals surface area (Å²) in [6.45, 7) is 5.15. The van der Waals surface area contributed by atoms with Crippen LogP contribution in [-0.4, -0.2) is 33.9 Å². The van der Waals surface area contributed by atoms with E-state index in [0.717, 1.165) is 12.2 Å². The minimum Gasteiger partial charge on any atom is -0.348 e. The van der Waals surface area contributed by atoms with E-state index in [1.807, 2.05) is 30.2 Å². The molecule has 1 aliphatic rings. The third-order valence-corrected chi connectivity index (χ3v) is 4.70. The van der Waals surface area contributed by atoms with Crippen molar-refractivity contribution < 1.29 is 9.59 Å². The molecule has 126 valence electrons. The van der Waals surface area contributed by atoms with Crippen molar-refractivity contribution in [3.8, 4) is 0 Å². The number of hydrogen-bond donors (Lipinski definition) is 1. The van der Waals surface area contributed by atoms with Gasteiger partial charge < -0.3 is 14.8 Å². The molecule has 0 spiro atoms. The van der Waals surface area contributed by atoms with Gasteiger partial charge in [0.1, 0.15) is 6.04 Å². The van der Waals surface area contributed by atoms with Crippen LogP contribution in [0.3, 0.4) is 0 Å². The van der Waals surface area contributed by atoms with Gasteiger partial charge in [0.05, 0.1) is 6.04 Å². The molecule has 1 aliphatic heterocycles. The lowest BCUT2D eigenvalue weighted by atomic mass is 10.1. The average molecular weight is 346 g/mol. The molecule has 0 saturated carbocycles. The molecule has 3 rings (SSSR count). The highest BCUT2D eigenvalue weighted by Crippen LogP contribution is 2.25. The molecule has 5 nitrogen and oxygen atoms in total. The lowest BCUT2D eigenvalue weighted by Crippen LogP contribution is -2.50. The van der Waals surface area contributed by atoms with Gasteiger partial charge in [0.25, 0.3) is 5.91 Å². The molecule has 1 aromatic carbocycles. The monoisotopic (exact) mass is 345 g/mol. The highest BCUT2D eigenvalue weighted by atomic mass is 35.5. The van der Waals surface area contributed by atoms with Crippen LogP contribution in [0.5, 0.6) is 0 Å². The van der Waals surface area contributed by atoms with Crippen LogP contribution in [-0.2, 0) is 11.3 Å². The molecule has 2 heterocycles. The van der Waals surface area contributed by atoms with Crippen LogP contribution in [0.15, 0.2) is 42.6 Å². The number of hydrogen-bond acceptors (Lipinski definition) is 2. The van der Waals surface area contributed by atoms with Crippen molar-refractivity contribution in [1.82, 2.24) is 14.8 Å². The molecule has 2 amide bonds. The maximum Gasteiger partial charge on any atom is 0.251 e. The predicted octanol–water partition coefficient (Wildman–Crippen LogP) is 2.86. The molecular weight excluding hydrogens is 326 g/mol. The van der Waals surface area contributed by atoms with Gasteiger partial charge in [-0.05, 0) is 50.2 Å². The van der Waals surface area contributed by atoms with E-state index < -0.39 is 6.04 Å². The van der Waals surface area contributed by atoms with Crippen molar-refractivity contribution in [3.63, 3.8) is 0 Å². The fourth-order valence-electron chi connectivity index (χ4n) is 3.07. The highest BCUT2D eigenvalue weighted by molar-refractivity contribution is 6.30. The molecular formula is C18H20ClN3O2. The number of nitrogens with zero attached hydrogens (tertiary/aromatic N) is 2. The molecule has 0 aliphatic carbocycles. The summed E-state index contributed by atoms with van der Waals surface area (Å²) in [4.78, 5) is 26.8. The summed E-state index contributed by atoms with van der Waals surface area (Å²) in [5, 5.41) is 3.34. The van der Waals surface area contributed by atoms with Crippen molar-refractivity contribution in [2.45, 2.75) is 32.5 Å². The first kappa shape index (κ1) is 16.6. The topological polar surface area (TPSA) is 54.3 Å². The van der Waals surface area contributed by atoms with E-state index in [1.165, 1.54) is 0 Å². The molecule has 24 heavy (non-hydrogen) atoms. The van der Waals surface area contributed by atoms with Crippen molar-refractivity contribution in [2.24, 2.45) is 0 Å². The van der Waals surface area contributed by atoms with Crippen LogP contribution in [0.4, 0.5) is 0 Å². The van der Waals surface area contributed by atoms with Crippen LogP contribution in [0.25, 0.3) is 0 Å². The van der Waals surface area contributed by atoms with Gasteiger partial charge in [-0.1, -0.05) is 11.6 Å². The maximum absolute atomic E-state index is 12.7. The second-order valence-electron chi connectivity index (χ2n) is 6.04. The summed E-state index contributed by atoms with van der Waals surface area (Å²) in [6.07, 6.45) is 2.03. The van der Waals surface area contributed by atoms with Crippen LogP contribution in [0.2, 0.25) is 5.02 Å². The Morgan fingerprint density at radius 3 is 2.62 bits per heavy atom. The first-order valence-electron chi connectivity index (χ1n) is 7.99. The van der Waals surface area contributed by atoms with Gasteiger partial charge >= 0.3 is 0 Å². The van der Waals surface area contributed by atoms with Crippen LogP contribution in [0.1, 0.15) is 35.9 Å². The molecule has 6 heteroatoms. The highest BCUT2D eigenvalue weighted by Gasteiger charge is 2.30. The standard InChI is InChI=1S/C18H20ClN3O2/c1-12(20-17(23)14-5-7-15(19)8-6-14)18(24)22-11-10-21-9-3-4-16(21)13(22)2/h3-9,12-13H,10-11H2,1-2H3,(H,20,23)/t12-,13-/m1/s1. The molecule has 2 aromatic rings. The van der Waals surface area contributed by atoms with E-state index in [9.17, 15) is 9.59 Å². The number of halogens is 1. The Bertz CT molecular complexity index is 754. The number of rotatable bonds is 3. The fraction of sp³-hybridized carbons (Fsp3) is 0.333. The van der Waals surface area contributed by atoms with E-state index >= 15 is 0 Å². The Balaban J connectivity index is 1.67. The minimum atomic E-state index is -0.586. The zero-order valence-electron chi connectivity index (χ0n) is 13.7. The number of carbonyl (C=O) groups is 2.